The van der Waals surface area contributed by atoms with Crippen molar-refractivity contribution in [3.63, 3.8) is 0 Å². The molecule has 0 aliphatic heterocycles. The van der Waals surface area contributed by atoms with Gasteiger partial charge in [-0.3, -0.25) is 0 Å². The average molecular weight is 395 g/mol. The molecule has 1 aliphatic rings. The Balaban J connectivity index is 1.39. The van der Waals surface area contributed by atoms with E-state index in [1.807, 2.05) is 12.3 Å². The fraction of sp³-hybridized carbons (Fsp3) is 0.222. The molecule has 3 aromatic carbocycles. The van der Waals surface area contributed by atoms with E-state index < -0.39 is 0 Å². The van der Waals surface area contributed by atoms with Gasteiger partial charge in [0.2, 0.25) is 0 Å². The summed E-state index contributed by atoms with van der Waals surface area (Å²) in [4.78, 5) is 8.43. The monoisotopic (exact) mass is 394 g/mol. The molecule has 0 saturated carbocycles. The summed E-state index contributed by atoms with van der Waals surface area (Å²) >= 11 is 0. The number of rotatable bonds is 5. The molecule has 2 N–H and O–H groups in total. The molecule has 0 saturated heterocycles. The zero-order chi connectivity index (χ0) is 20.3. The number of aromatic nitrogens is 2. The first-order valence-corrected chi connectivity index (χ1v) is 10.7. The summed E-state index contributed by atoms with van der Waals surface area (Å²) in [6.45, 7) is 0. The third-order valence-corrected chi connectivity index (χ3v) is 6.26. The van der Waals surface area contributed by atoms with Gasteiger partial charge >= 0.3 is 0 Å². The smallest absolute Gasteiger partial charge is 0.119 e. The second kappa shape index (κ2) is 8.19. The lowest BCUT2D eigenvalue weighted by Crippen LogP contribution is -2.16. The normalized spacial score (nSPS) is 15.8. The number of hydrogen-bond acceptors (Lipinski definition) is 2. The van der Waals surface area contributed by atoms with Crippen molar-refractivity contribution in [2.45, 2.75) is 31.6 Å². The third-order valence-electron chi connectivity index (χ3n) is 6.26. The number of phenolic OH excluding ortho intramolecular Hbond substituents is 1. The Bertz CT molecular complexity index is 1080. The van der Waals surface area contributed by atoms with E-state index >= 15 is 0 Å². The summed E-state index contributed by atoms with van der Waals surface area (Å²) in [6.07, 6.45) is 6.05. The van der Waals surface area contributed by atoms with Crippen molar-refractivity contribution in [1.29, 1.82) is 0 Å². The molecule has 0 radical (unpaired) electrons. The van der Waals surface area contributed by atoms with Crippen LogP contribution in [-0.2, 0) is 19.3 Å². The molecule has 30 heavy (non-hydrogen) atoms. The van der Waals surface area contributed by atoms with Crippen LogP contribution in [0.4, 0.5) is 0 Å². The van der Waals surface area contributed by atoms with Crippen LogP contribution in [0.1, 0.15) is 46.1 Å². The van der Waals surface area contributed by atoms with Crippen molar-refractivity contribution in [3.8, 4) is 5.75 Å². The summed E-state index contributed by atoms with van der Waals surface area (Å²) < 4.78 is 0. The molecule has 4 aromatic rings. The number of imidazole rings is 1. The van der Waals surface area contributed by atoms with Crippen LogP contribution in [0.3, 0.4) is 0 Å². The van der Waals surface area contributed by atoms with Crippen molar-refractivity contribution in [2.24, 2.45) is 5.92 Å². The Kier molecular flexibility index (Phi) is 5.10. The predicted molar refractivity (Wildman–Crippen MR) is 120 cm³/mol. The molecule has 3 heteroatoms. The van der Waals surface area contributed by atoms with Crippen LogP contribution in [0.15, 0.2) is 85.1 Å². The molecule has 0 bridgehead atoms. The Hall–Kier alpha value is -3.33. The molecule has 150 valence electrons. The van der Waals surface area contributed by atoms with Crippen LogP contribution in [0.2, 0.25) is 0 Å². The van der Waals surface area contributed by atoms with E-state index in [1.165, 1.54) is 22.4 Å². The number of hydrogen-bond donors (Lipinski definition) is 2. The lowest BCUT2D eigenvalue weighted by Gasteiger charge is -2.24. The molecule has 3 nitrogen and oxygen atoms in total. The minimum Gasteiger partial charge on any atom is -0.508 e. The van der Waals surface area contributed by atoms with Gasteiger partial charge in [0.25, 0.3) is 0 Å². The molecule has 1 unspecified atom stereocenters. The van der Waals surface area contributed by atoms with E-state index in [-0.39, 0.29) is 5.92 Å². The van der Waals surface area contributed by atoms with Crippen LogP contribution < -0.4 is 0 Å². The number of H-pyrrole nitrogens is 1. The third kappa shape index (κ3) is 3.76. The molecule has 1 atom stereocenters. The molecule has 1 heterocycles. The molecule has 0 amide bonds. The minimum atomic E-state index is 0.102. The number of benzene rings is 3. The van der Waals surface area contributed by atoms with Gasteiger partial charge in [0, 0.05) is 11.9 Å². The van der Waals surface area contributed by atoms with Gasteiger partial charge in [-0.15, -0.1) is 0 Å². The summed E-state index contributed by atoms with van der Waals surface area (Å²) in [6, 6.07) is 27.0. The van der Waals surface area contributed by atoms with Crippen LogP contribution in [0.5, 0.6) is 5.75 Å². The summed E-state index contributed by atoms with van der Waals surface area (Å²) in [5, 5.41) is 10.1. The first-order valence-electron chi connectivity index (χ1n) is 10.7. The largest absolute Gasteiger partial charge is 0.508 e. The zero-order valence-corrected chi connectivity index (χ0v) is 17.0. The van der Waals surface area contributed by atoms with Gasteiger partial charge < -0.3 is 10.1 Å². The Labute approximate surface area is 177 Å². The van der Waals surface area contributed by atoms with E-state index in [0.29, 0.717) is 11.7 Å². The van der Waals surface area contributed by atoms with E-state index in [1.54, 1.807) is 6.07 Å². The molecule has 0 fully saturated rings. The first kappa shape index (κ1) is 18.7. The first-order chi connectivity index (χ1) is 14.8. The van der Waals surface area contributed by atoms with Gasteiger partial charge in [0.1, 0.15) is 11.6 Å². The highest BCUT2D eigenvalue weighted by atomic mass is 16.3. The van der Waals surface area contributed by atoms with Crippen LogP contribution >= 0.6 is 0 Å². The van der Waals surface area contributed by atoms with E-state index in [9.17, 15) is 5.11 Å². The highest BCUT2D eigenvalue weighted by Crippen LogP contribution is 2.34. The lowest BCUT2D eigenvalue weighted by molar-refractivity contribution is 0.424. The van der Waals surface area contributed by atoms with E-state index in [4.69, 9.17) is 4.98 Å². The second-order valence-electron chi connectivity index (χ2n) is 8.28. The van der Waals surface area contributed by atoms with Gasteiger partial charge in [-0.1, -0.05) is 72.8 Å². The molecule has 0 spiro atoms. The highest BCUT2D eigenvalue weighted by Gasteiger charge is 2.23. The Morgan fingerprint density at radius 3 is 2.30 bits per heavy atom. The summed E-state index contributed by atoms with van der Waals surface area (Å²) in [5.74, 6) is 2.12. The number of aromatic amines is 1. The van der Waals surface area contributed by atoms with Gasteiger partial charge in [0.05, 0.1) is 5.92 Å². The average Bonchev–Trinajstić information content (AvgIpc) is 3.23. The van der Waals surface area contributed by atoms with Crippen molar-refractivity contribution in [3.05, 3.63) is 119 Å². The van der Waals surface area contributed by atoms with Crippen LogP contribution in [0.25, 0.3) is 0 Å². The number of aromatic hydroxyl groups is 1. The van der Waals surface area contributed by atoms with Crippen LogP contribution in [0, 0.1) is 5.92 Å². The van der Waals surface area contributed by atoms with Crippen molar-refractivity contribution < 1.29 is 5.11 Å². The number of nitrogens with zero attached hydrogens (tertiary/aromatic N) is 1. The summed E-state index contributed by atoms with van der Waals surface area (Å²) in [5.41, 5.74) is 6.10. The maximum atomic E-state index is 10.1. The quantitative estimate of drug-likeness (QED) is 0.460. The number of nitrogens with one attached hydrogen (secondary N) is 1. The topological polar surface area (TPSA) is 48.9 Å². The molecule has 1 aromatic heterocycles. The van der Waals surface area contributed by atoms with E-state index in [2.05, 4.69) is 71.7 Å². The predicted octanol–water partition coefficient (Wildman–Crippen LogP) is 5.64. The second-order valence-corrected chi connectivity index (χ2v) is 8.28. The van der Waals surface area contributed by atoms with Gasteiger partial charge in [0.15, 0.2) is 0 Å². The maximum Gasteiger partial charge on any atom is 0.119 e. The maximum absolute atomic E-state index is 10.1. The number of phenols is 1. The molecular formula is C27H26N2O. The van der Waals surface area contributed by atoms with Crippen LogP contribution in [-0.4, -0.2) is 15.1 Å². The summed E-state index contributed by atoms with van der Waals surface area (Å²) in [7, 11) is 0. The minimum absolute atomic E-state index is 0.102. The van der Waals surface area contributed by atoms with E-state index in [0.717, 1.165) is 37.1 Å². The fourth-order valence-corrected chi connectivity index (χ4v) is 4.77. The standard InChI is InChI=1S/C27H26N2O/c30-25-13-7-12-22-16-19(14-15-24(22)25)17-23-18-28-27(29-23)26(20-8-3-1-4-9-20)21-10-5-2-6-11-21/h1-13,18-19,26,30H,14-17H2,(H,28,29). The fourth-order valence-electron chi connectivity index (χ4n) is 4.77. The van der Waals surface area contributed by atoms with Crippen molar-refractivity contribution in [2.75, 3.05) is 0 Å². The van der Waals surface area contributed by atoms with Crippen molar-refractivity contribution >= 4 is 0 Å². The SMILES string of the molecule is Oc1cccc2c1CCC(Cc1cnc(C(c3ccccc3)c3ccccc3)[nH]1)C2. The van der Waals surface area contributed by atoms with Gasteiger partial charge in [-0.2, -0.15) is 0 Å². The molecule has 5 rings (SSSR count). The van der Waals surface area contributed by atoms with Gasteiger partial charge in [-0.05, 0) is 59.9 Å². The lowest BCUT2D eigenvalue weighted by atomic mass is 9.81. The zero-order valence-electron chi connectivity index (χ0n) is 17.0. The molecular weight excluding hydrogens is 368 g/mol. The highest BCUT2D eigenvalue weighted by molar-refractivity contribution is 5.41. The molecule has 1 aliphatic carbocycles. The van der Waals surface area contributed by atoms with Crippen molar-refractivity contribution in [1.82, 2.24) is 9.97 Å². The Morgan fingerprint density at radius 1 is 0.900 bits per heavy atom. The number of fused-ring (bicyclic) bond motifs is 1. The van der Waals surface area contributed by atoms with Gasteiger partial charge in [-0.25, -0.2) is 4.98 Å². The Morgan fingerprint density at radius 2 is 1.60 bits per heavy atom.